The summed E-state index contributed by atoms with van der Waals surface area (Å²) in [6, 6.07) is 13.7. The van der Waals surface area contributed by atoms with Gasteiger partial charge in [-0.2, -0.15) is 10.4 Å². The molecule has 5 heteroatoms. The highest BCUT2D eigenvalue weighted by Crippen LogP contribution is 2.25. The van der Waals surface area contributed by atoms with Gasteiger partial charge < -0.3 is 5.11 Å². The van der Waals surface area contributed by atoms with Gasteiger partial charge in [-0.1, -0.05) is 30.3 Å². The first-order chi connectivity index (χ1) is 9.61. The predicted molar refractivity (Wildman–Crippen MR) is 73.9 cm³/mol. The normalized spacial score (nSPS) is 11.8. The molecule has 0 amide bonds. The molecule has 1 N–H and O–H groups in total. The minimum absolute atomic E-state index is 0.0237. The van der Waals surface area contributed by atoms with Crippen molar-refractivity contribution in [1.29, 1.82) is 5.26 Å². The molecule has 20 heavy (non-hydrogen) atoms. The van der Waals surface area contributed by atoms with Crippen molar-refractivity contribution in [2.75, 3.05) is 0 Å². The molecule has 1 aromatic carbocycles. The van der Waals surface area contributed by atoms with Crippen molar-refractivity contribution in [2.45, 2.75) is 18.8 Å². The van der Waals surface area contributed by atoms with Gasteiger partial charge in [-0.15, -0.1) is 0 Å². The summed E-state index contributed by atoms with van der Waals surface area (Å²) >= 11 is 0. The molecule has 0 aliphatic heterocycles. The van der Waals surface area contributed by atoms with Crippen molar-refractivity contribution in [3.8, 4) is 17.3 Å². The van der Waals surface area contributed by atoms with Crippen LogP contribution in [0.15, 0.2) is 36.4 Å². The Balaban J connectivity index is 2.27. The second kappa shape index (κ2) is 6.02. The second-order valence-electron chi connectivity index (χ2n) is 4.56. The Morgan fingerprint density at radius 1 is 1.45 bits per heavy atom. The average molecular weight is 269 g/mol. The molecule has 1 aromatic heterocycles. The van der Waals surface area contributed by atoms with E-state index in [-0.39, 0.29) is 6.42 Å². The van der Waals surface area contributed by atoms with Crippen LogP contribution in [0.2, 0.25) is 0 Å². The number of rotatable bonds is 5. The van der Waals surface area contributed by atoms with Crippen LogP contribution in [0.25, 0.3) is 11.3 Å². The van der Waals surface area contributed by atoms with E-state index in [0.29, 0.717) is 6.42 Å². The van der Waals surface area contributed by atoms with Crippen molar-refractivity contribution < 1.29 is 9.90 Å². The summed E-state index contributed by atoms with van der Waals surface area (Å²) in [5, 5.41) is 22.3. The maximum Gasteiger partial charge on any atom is 0.303 e. The highest BCUT2D eigenvalue weighted by molar-refractivity contribution is 5.67. The maximum absolute atomic E-state index is 10.6. The summed E-state index contributed by atoms with van der Waals surface area (Å²) in [5.74, 6) is -1.35. The maximum atomic E-state index is 10.6. The van der Waals surface area contributed by atoms with Crippen LogP contribution in [0.5, 0.6) is 0 Å². The van der Waals surface area contributed by atoms with Gasteiger partial charge in [-0.25, -0.2) is 0 Å². The standard InChI is InChI=1S/C15H15N3O2/c1-18-14(12(10-16)7-8-15(19)20)9-13(17-18)11-5-3-2-4-6-11/h2-6,9,12H,7-8H2,1H3,(H,19,20). The van der Waals surface area contributed by atoms with Gasteiger partial charge in [0, 0.05) is 19.0 Å². The number of aromatic nitrogens is 2. The quantitative estimate of drug-likeness (QED) is 0.904. The lowest BCUT2D eigenvalue weighted by Gasteiger charge is -2.07. The van der Waals surface area contributed by atoms with E-state index in [1.54, 1.807) is 11.7 Å². The summed E-state index contributed by atoms with van der Waals surface area (Å²) in [5.41, 5.74) is 2.51. The third-order valence-electron chi connectivity index (χ3n) is 3.15. The Morgan fingerprint density at radius 2 is 2.15 bits per heavy atom. The number of nitriles is 1. The van der Waals surface area contributed by atoms with Crippen LogP contribution in [-0.4, -0.2) is 20.9 Å². The third-order valence-corrected chi connectivity index (χ3v) is 3.15. The van der Waals surface area contributed by atoms with E-state index in [0.717, 1.165) is 17.0 Å². The van der Waals surface area contributed by atoms with E-state index in [2.05, 4.69) is 11.2 Å². The Kier molecular flexibility index (Phi) is 4.16. The highest BCUT2D eigenvalue weighted by atomic mass is 16.4. The molecule has 1 heterocycles. The largest absolute Gasteiger partial charge is 0.481 e. The number of aliphatic carboxylic acids is 1. The lowest BCUT2D eigenvalue weighted by atomic mass is 10.00. The number of benzene rings is 1. The summed E-state index contributed by atoms with van der Waals surface area (Å²) in [7, 11) is 1.77. The number of hydrogen-bond acceptors (Lipinski definition) is 3. The Labute approximate surface area is 117 Å². The van der Waals surface area contributed by atoms with Gasteiger partial charge in [0.15, 0.2) is 0 Å². The minimum Gasteiger partial charge on any atom is -0.481 e. The zero-order chi connectivity index (χ0) is 14.5. The monoisotopic (exact) mass is 269 g/mol. The Hall–Kier alpha value is -2.61. The van der Waals surface area contributed by atoms with Crippen LogP contribution in [0.1, 0.15) is 24.5 Å². The molecule has 2 rings (SSSR count). The smallest absolute Gasteiger partial charge is 0.303 e. The van der Waals surface area contributed by atoms with E-state index in [4.69, 9.17) is 5.11 Å². The van der Waals surface area contributed by atoms with Crippen LogP contribution in [-0.2, 0) is 11.8 Å². The van der Waals surface area contributed by atoms with E-state index in [9.17, 15) is 10.1 Å². The van der Waals surface area contributed by atoms with Crippen molar-refractivity contribution in [3.63, 3.8) is 0 Å². The Bertz CT molecular complexity index is 641. The summed E-state index contributed by atoms with van der Waals surface area (Å²) < 4.78 is 1.65. The van der Waals surface area contributed by atoms with Gasteiger partial charge in [0.25, 0.3) is 0 Å². The zero-order valence-corrected chi connectivity index (χ0v) is 11.2. The van der Waals surface area contributed by atoms with Gasteiger partial charge in [0.1, 0.15) is 0 Å². The van der Waals surface area contributed by atoms with Crippen molar-refractivity contribution in [1.82, 2.24) is 9.78 Å². The molecule has 0 spiro atoms. The molecule has 0 aliphatic rings. The SMILES string of the molecule is Cn1nc(-c2ccccc2)cc1C(C#N)CCC(=O)O. The highest BCUT2D eigenvalue weighted by Gasteiger charge is 2.18. The molecule has 102 valence electrons. The van der Waals surface area contributed by atoms with Gasteiger partial charge in [0.2, 0.25) is 0 Å². The summed E-state index contributed by atoms with van der Waals surface area (Å²) in [6.07, 6.45) is 0.268. The molecule has 5 nitrogen and oxygen atoms in total. The van der Waals surface area contributed by atoms with Gasteiger partial charge in [0.05, 0.1) is 23.4 Å². The molecular formula is C15H15N3O2. The van der Waals surface area contributed by atoms with Gasteiger partial charge in [-0.05, 0) is 12.5 Å². The molecule has 0 saturated carbocycles. The summed E-state index contributed by atoms with van der Waals surface area (Å²) in [4.78, 5) is 10.6. The first-order valence-corrected chi connectivity index (χ1v) is 6.32. The second-order valence-corrected chi connectivity index (χ2v) is 4.56. The molecule has 0 radical (unpaired) electrons. The summed E-state index contributed by atoms with van der Waals surface area (Å²) in [6.45, 7) is 0. The fourth-order valence-electron chi connectivity index (χ4n) is 2.10. The number of carboxylic acid groups (broad SMARTS) is 1. The molecule has 0 fully saturated rings. The lowest BCUT2D eigenvalue weighted by molar-refractivity contribution is -0.137. The molecular weight excluding hydrogens is 254 g/mol. The van der Waals surface area contributed by atoms with E-state index in [1.165, 1.54) is 0 Å². The van der Waals surface area contributed by atoms with Crippen LogP contribution in [0.3, 0.4) is 0 Å². The number of nitrogens with zero attached hydrogens (tertiary/aromatic N) is 3. The van der Waals surface area contributed by atoms with Crippen LogP contribution in [0.4, 0.5) is 0 Å². The average Bonchev–Trinajstić information content (AvgIpc) is 2.83. The van der Waals surface area contributed by atoms with E-state index >= 15 is 0 Å². The molecule has 0 aliphatic carbocycles. The van der Waals surface area contributed by atoms with Crippen LogP contribution < -0.4 is 0 Å². The Morgan fingerprint density at radius 3 is 2.75 bits per heavy atom. The fourth-order valence-corrected chi connectivity index (χ4v) is 2.10. The zero-order valence-electron chi connectivity index (χ0n) is 11.2. The topological polar surface area (TPSA) is 78.9 Å². The molecule has 0 bridgehead atoms. The lowest BCUT2D eigenvalue weighted by Crippen LogP contribution is -2.06. The van der Waals surface area contributed by atoms with Crippen LogP contribution >= 0.6 is 0 Å². The van der Waals surface area contributed by atoms with Crippen molar-refractivity contribution >= 4 is 5.97 Å². The molecule has 0 saturated heterocycles. The first kappa shape index (κ1) is 13.8. The van der Waals surface area contributed by atoms with E-state index in [1.807, 2.05) is 36.4 Å². The number of carboxylic acids is 1. The number of aryl methyl sites for hydroxylation is 1. The first-order valence-electron chi connectivity index (χ1n) is 6.32. The third kappa shape index (κ3) is 3.04. The molecule has 2 aromatic rings. The molecule has 1 atom stereocenters. The van der Waals surface area contributed by atoms with Gasteiger partial charge in [-0.3, -0.25) is 9.48 Å². The predicted octanol–water partition coefficient (Wildman–Crippen LogP) is 2.56. The van der Waals surface area contributed by atoms with Crippen molar-refractivity contribution in [2.24, 2.45) is 7.05 Å². The van der Waals surface area contributed by atoms with Crippen molar-refractivity contribution in [3.05, 3.63) is 42.1 Å². The number of hydrogen-bond donors (Lipinski definition) is 1. The number of carbonyl (C=O) groups is 1. The fraction of sp³-hybridized carbons (Fsp3) is 0.267. The minimum atomic E-state index is -0.893. The van der Waals surface area contributed by atoms with Gasteiger partial charge >= 0.3 is 5.97 Å². The van der Waals surface area contributed by atoms with E-state index < -0.39 is 11.9 Å². The van der Waals surface area contributed by atoms with Crippen LogP contribution in [0, 0.1) is 11.3 Å². The molecule has 1 unspecified atom stereocenters.